The van der Waals surface area contributed by atoms with Crippen LogP contribution in [0.3, 0.4) is 0 Å². The molecule has 126 valence electrons. The zero-order chi connectivity index (χ0) is 16.7. The van der Waals surface area contributed by atoms with Crippen molar-refractivity contribution in [2.45, 2.75) is 58.7 Å². The molecule has 0 amide bonds. The Morgan fingerprint density at radius 1 is 1.35 bits per heavy atom. The van der Waals surface area contributed by atoms with E-state index < -0.39 is 0 Å². The van der Waals surface area contributed by atoms with Gasteiger partial charge in [-0.15, -0.1) is 0 Å². The number of rotatable bonds is 9. The molecule has 3 heteroatoms. The van der Waals surface area contributed by atoms with Gasteiger partial charge < -0.3 is 14.3 Å². The second kappa shape index (κ2) is 8.90. The Balaban J connectivity index is 1.95. The third-order valence-electron chi connectivity index (χ3n) is 4.27. The molecule has 1 aliphatic rings. The first-order valence-electron chi connectivity index (χ1n) is 8.56. The summed E-state index contributed by atoms with van der Waals surface area (Å²) in [5.74, 6) is 1.41. The Kier molecular flexibility index (Phi) is 6.87. The summed E-state index contributed by atoms with van der Waals surface area (Å²) < 4.78 is 11.4. The first kappa shape index (κ1) is 17.8. The van der Waals surface area contributed by atoms with Gasteiger partial charge in [-0.05, 0) is 55.0 Å². The Morgan fingerprint density at radius 3 is 2.83 bits per heavy atom. The highest BCUT2D eigenvalue weighted by atomic mass is 16.5. The number of furan rings is 1. The first-order chi connectivity index (χ1) is 11.2. The van der Waals surface area contributed by atoms with E-state index in [4.69, 9.17) is 14.3 Å². The highest BCUT2D eigenvalue weighted by Gasteiger charge is 2.21. The lowest BCUT2D eigenvalue weighted by molar-refractivity contribution is 0.116. The Bertz CT molecular complexity index is 577. The van der Waals surface area contributed by atoms with Crippen molar-refractivity contribution in [3.63, 3.8) is 0 Å². The minimum Gasteiger partial charge on any atom is -0.459 e. The average molecular weight is 316 g/mol. The molecule has 1 aromatic heterocycles. The molecule has 1 unspecified atom stereocenters. The number of allylic oxidation sites excluding steroid dienone is 1. The van der Waals surface area contributed by atoms with Gasteiger partial charge in [0.25, 0.3) is 0 Å². The molecule has 1 N–H and O–H groups in total. The molecule has 2 rings (SSSR count). The lowest BCUT2D eigenvalue weighted by Gasteiger charge is -2.17. The topological polar surface area (TPSA) is 42.6 Å². The maximum absolute atomic E-state index is 9.07. The SMILES string of the molecule is C=C(CCC)C1=CCOC1CC/C(=C/c1ccc(CO)o1)CC. The van der Waals surface area contributed by atoms with Gasteiger partial charge in [0, 0.05) is 0 Å². The minimum absolute atomic E-state index is 0.0566. The van der Waals surface area contributed by atoms with Gasteiger partial charge in [0.2, 0.25) is 0 Å². The second-order valence-electron chi connectivity index (χ2n) is 5.99. The molecule has 23 heavy (non-hydrogen) atoms. The molecule has 0 bridgehead atoms. The highest BCUT2D eigenvalue weighted by molar-refractivity contribution is 5.47. The maximum Gasteiger partial charge on any atom is 0.130 e. The van der Waals surface area contributed by atoms with Gasteiger partial charge in [-0.3, -0.25) is 0 Å². The molecule has 1 aromatic rings. The Morgan fingerprint density at radius 2 is 2.17 bits per heavy atom. The van der Waals surface area contributed by atoms with Crippen LogP contribution in [0, 0.1) is 0 Å². The monoisotopic (exact) mass is 316 g/mol. The second-order valence-corrected chi connectivity index (χ2v) is 5.99. The Labute approximate surface area is 139 Å². The average Bonchev–Trinajstić information content (AvgIpc) is 3.20. The van der Waals surface area contributed by atoms with Gasteiger partial charge in [0.1, 0.15) is 18.1 Å². The van der Waals surface area contributed by atoms with E-state index >= 15 is 0 Å². The van der Waals surface area contributed by atoms with Crippen molar-refractivity contribution in [1.82, 2.24) is 0 Å². The van der Waals surface area contributed by atoms with Crippen LogP contribution in [0.5, 0.6) is 0 Å². The molecule has 1 atom stereocenters. The molecule has 3 nitrogen and oxygen atoms in total. The van der Waals surface area contributed by atoms with Gasteiger partial charge in [0.05, 0.1) is 12.7 Å². The van der Waals surface area contributed by atoms with E-state index in [1.807, 2.05) is 12.1 Å². The molecular formula is C20H28O3. The van der Waals surface area contributed by atoms with Crippen LogP contribution in [0.2, 0.25) is 0 Å². The predicted molar refractivity (Wildman–Crippen MR) is 94.0 cm³/mol. The van der Waals surface area contributed by atoms with Gasteiger partial charge in [-0.25, -0.2) is 0 Å². The molecule has 0 aliphatic carbocycles. The van der Waals surface area contributed by atoms with Crippen molar-refractivity contribution in [2.24, 2.45) is 0 Å². The summed E-state index contributed by atoms with van der Waals surface area (Å²) in [5, 5.41) is 9.07. The molecule has 0 spiro atoms. The number of ether oxygens (including phenoxy) is 1. The van der Waals surface area contributed by atoms with E-state index in [0.29, 0.717) is 12.4 Å². The molecule has 0 fully saturated rings. The summed E-state index contributed by atoms with van der Waals surface area (Å²) in [4.78, 5) is 0. The lowest BCUT2D eigenvalue weighted by atomic mass is 9.94. The zero-order valence-electron chi connectivity index (χ0n) is 14.3. The summed E-state index contributed by atoms with van der Waals surface area (Å²) in [6, 6.07) is 3.72. The van der Waals surface area contributed by atoms with Crippen LogP contribution < -0.4 is 0 Å². The standard InChI is InChI=1S/C20H28O3/c1-4-6-15(3)19-11-12-22-20(19)10-7-16(5-2)13-17-8-9-18(14-21)23-17/h8-9,11,13,20-21H,3-7,10,12,14H2,1-2H3/b16-13+. The third kappa shape index (κ3) is 4.95. The van der Waals surface area contributed by atoms with Crippen LogP contribution in [0.1, 0.15) is 57.5 Å². The summed E-state index contributed by atoms with van der Waals surface area (Å²) in [7, 11) is 0. The van der Waals surface area contributed by atoms with E-state index in [1.165, 1.54) is 16.7 Å². The molecule has 0 radical (unpaired) electrons. The van der Waals surface area contributed by atoms with Crippen LogP contribution in [-0.2, 0) is 11.3 Å². The number of hydrogen-bond acceptors (Lipinski definition) is 3. The third-order valence-corrected chi connectivity index (χ3v) is 4.27. The van der Waals surface area contributed by atoms with Crippen molar-refractivity contribution >= 4 is 6.08 Å². The molecule has 0 saturated heterocycles. The number of aliphatic hydroxyl groups excluding tert-OH is 1. The van der Waals surface area contributed by atoms with Gasteiger partial charge in [-0.2, -0.15) is 0 Å². The minimum atomic E-state index is -0.0566. The summed E-state index contributed by atoms with van der Waals surface area (Å²) >= 11 is 0. The fourth-order valence-electron chi connectivity index (χ4n) is 2.96. The van der Waals surface area contributed by atoms with Crippen molar-refractivity contribution < 1.29 is 14.3 Å². The fraction of sp³-hybridized carbons (Fsp3) is 0.500. The van der Waals surface area contributed by atoms with Crippen LogP contribution in [0.25, 0.3) is 6.08 Å². The van der Waals surface area contributed by atoms with Crippen LogP contribution in [0.4, 0.5) is 0 Å². The fourth-order valence-corrected chi connectivity index (χ4v) is 2.96. The summed E-state index contributed by atoms with van der Waals surface area (Å²) in [6.07, 6.45) is 9.53. The van der Waals surface area contributed by atoms with Crippen molar-refractivity contribution in [2.75, 3.05) is 6.61 Å². The smallest absolute Gasteiger partial charge is 0.130 e. The normalized spacial score (nSPS) is 18.3. The molecule has 0 aromatic carbocycles. The number of aliphatic hydroxyl groups is 1. The lowest BCUT2D eigenvalue weighted by Crippen LogP contribution is -2.11. The van der Waals surface area contributed by atoms with E-state index in [0.717, 1.165) is 37.9 Å². The molecule has 0 saturated carbocycles. The largest absolute Gasteiger partial charge is 0.459 e. The quantitative estimate of drug-likeness (QED) is 0.695. The van der Waals surface area contributed by atoms with Crippen molar-refractivity contribution in [1.29, 1.82) is 0 Å². The van der Waals surface area contributed by atoms with Crippen LogP contribution in [-0.4, -0.2) is 17.8 Å². The van der Waals surface area contributed by atoms with Gasteiger partial charge >= 0.3 is 0 Å². The van der Waals surface area contributed by atoms with Crippen molar-refractivity contribution in [3.05, 3.63) is 53.0 Å². The predicted octanol–water partition coefficient (Wildman–Crippen LogP) is 5.03. The van der Waals surface area contributed by atoms with Gasteiger partial charge in [-0.1, -0.05) is 38.5 Å². The maximum atomic E-state index is 9.07. The van der Waals surface area contributed by atoms with E-state index in [2.05, 4.69) is 32.6 Å². The van der Waals surface area contributed by atoms with E-state index in [9.17, 15) is 0 Å². The van der Waals surface area contributed by atoms with E-state index in [1.54, 1.807) is 0 Å². The van der Waals surface area contributed by atoms with Crippen molar-refractivity contribution in [3.8, 4) is 0 Å². The zero-order valence-corrected chi connectivity index (χ0v) is 14.3. The molecular weight excluding hydrogens is 288 g/mol. The first-order valence-corrected chi connectivity index (χ1v) is 8.56. The highest BCUT2D eigenvalue weighted by Crippen LogP contribution is 2.29. The molecule has 1 aliphatic heterocycles. The van der Waals surface area contributed by atoms with Gasteiger partial charge in [0.15, 0.2) is 0 Å². The van der Waals surface area contributed by atoms with Crippen LogP contribution in [0.15, 0.2) is 45.9 Å². The van der Waals surface area contributed by atoms with E-state index in [-0.39, 0.29) is 12.7 Å². The van der Waals surface area contributed by atoms with Crippen LogP contribution >= 0.6 is 0 Å². The Hall–Kier alpha value is -1.58. The number of hydrogen-bond donors (Lipinski definition) is 1. The summed E-state index contributed by atoms with van der Waals surface area (Å²) in [6.45, 7) is 9.18. The summed E-state index contributed by atoms with van der Waals surface area (Å²) in [5.41, 5.74) is 3.85. The molecule has 2 heterocycles.